The summed E-state index contributed by atoms with van der Waals surface area (Å²) in [7, 11) is 0. The van der Waals surface area contributed by atoms with Crippen molar-refractivity contribution < 1.29 is 4.74 Å². The predicted octanol–water partition coefficient (Wildman–Crippen LogP) is 2.55. The van der Waals surface area contributed by atoms with Crippen LogP contribution in [-0.2, 0) is 17.7 Å². The highest BCUT2D eigenvalue weighted by Gasteiger charge is 2.29. The van der Waals surface area contributed by atoms with Crippen LogP contribution in [0.1, 0.15) is 18.2 Å². The van der Waals surface area contributed by atoms with Crippen LogP contribution in [0.5, 0.6) is 0 Å². The number of nitrogens with zero attached hydrogens (tertiary/aromatic N) is 7. The normalized spacial score (nSPS) is 17.4. The second kappa shape index (κ2) is 9.94. The molecule has 2 aliphatic rings. The number of ether oxygens (including phenoxy) is 1. The maximum absolute atomic E-state index is 11.5. The molecule has 1 fully saturated rings. The van der Waals surface area contributed by atoms with Gasteiger partial charge in [-0.1, -0.05) is 0 Å². The number of hydrogen-bond donors (Lipinski definition) is 2. The molecule has 0 radical (unpaired) electrons. The topological polar surface area (TPSA) is 125 Å². The van der Waals surface area contributed by atoms with Crippen LogP contribution in [0.15, 0.2) is 59.9 Å². The lowest BCUT2D eigenvalue weighted by Gasteiger charge is -2.37. The zero-order chi connectivity index (χ0) is 25.2. The molecule has 2 aliphatic heterocycles. The number of rotatable bonds is 5. The number of aromatic amines is 1. The first kappa shape index (κ1) is 23.0. The van der Waals surface area contributed by atoms with Crippen LogP contribution in [0.25, 0.3) is 11.4 Å². The minimum atomic E-state index is -0.260. The summed E-state index contributed by atoms with van der Waals surface area (Å²) in [6.07, 6.45) is 7.15. The molecule has 0 unspecified atom stereocenters. The monoisotopic (exact) mass is 497 g/mol. The summed E-state index contributed by atoms with van der Waals surface area (Å²) in [4.78, 5) is 41.7. The van der Waals surface area contributed by atoms with Crippen LogP contribution >= 0.6 is 0 Å². The SMILES string of the molecule is C[C@H]1COCCN1c1nc(-c2ccc(Nc3cncc(=O)[nH]3)cc2)nc2c1CCN(c1ncccn1)C2. The molecule has 0 amide bonds. The van der Waals surface area contributed by atoms with Crippen molar-refractivity contribution in [3.05, 3.63) is 76.7 Å². The molecule has 188 valence electrons. The lowest BCUT2D eigenvalue weighted by Crippen LogP contribution is -2.45. The van der Waals surface area contributed by atoms with Crippen molar-refractivity contribution in [3.63, 3.8) is 0 Å². The quantitative estimate of drug-likeness (QED) is 0.425. The Morgan fingerprint density at radius 2 is 1.92 bits per heavy atom. The zero-order valence-corrected chi connectivity index (χ0v) is 20.5. The number of benzene rings is 1. The first-order valence-corrected chi connectivity index (χ1v) is 12.3. The van der Waals surface area contributed by atoms with E-state index in [1.807, 2.05) is 30.3 Å². The fourth-order valence-electron chi connectivity index (χ4n) is 4.74. The Morgan fingerprint density at radius 3 is 2.70 bits per heavy atom. The van der Waals surface area contributed by atoms with Gasteiger partial charge in [-0.2, -0.15) is 0 Å². The van der Waals surface area contributed by atoms with Crippen LogP contribution in [-0.4, -0.2) is 62.2 Å². The van der Waals surface area contributed by atoms with Gasteiger partial charge in [-0.25, -0.2) is 19.9 Å². The second-order valence-electron chi connectivity index (χ2n) is 9.15. The van der Waals surface area contributed by atoms with E-state index in [0.717, 1.165) is 42.3 Å². The standard InChI is InChI=1S/C26H27N9O2/c1-17-16-37-12-11-35(17)25-20-7-10-34(26-28-8-2-9-29-26)15-21(20)31-24(33-25)18-3-5-19(6-4-18)30-22-13-27-14-23(36)32-22/h2-6,8-9,13-14,17H,7,10-12,15-16H2,1H3,(H2,30,32,36)/t17-/m0/s1. The number of anilines is 4. The molecule has 1 aromatic carbocycles. The van der Waals surface area contributed by atoms with Crippen molar-refractivity contribution in [2.24, 2.45) is 0 Å². The van der Waals surface area contributed by atoms with Crippen LogP contribution < -0.4 is 20.7 Å². The first-order valence-electron chi connectivity index (χ1n) is 12.3. The number of nitrogens with one attached hydrogen (secondary N) is 2. The van der Waals surface area contributed by atoms with E-state index in [-0.39, 0.29) is 11.6 Å². The van der Waals surface area contributed by atoms with Crippen LogP contribution in [0.3, 0.4) is 0 Å². The average Bonchev–Trinajstić information content (AvgIpc) is 2.93. The summed E-state index contributed by atoms with van der Waals surface area (Å²) in [5.74, 6) is 2.89. The van der Waals surface area contributed by atoms with Gasteiger partial charge in [0.2, 0.25) is 5.95 Å². The third kappa shape index (κ3) is 4.85. The Kier molecular flexibility index (Phi) is 6.19. The van der Waals surface area contributed by atoms with Crippen molar-refractivity contribution in [1.29, 1.82) is 0 Å². The Bertz CT molecular complexity index is 1440. The molecule has 1 atom stereocenters. The van der Waals surface area contributed by atoms with Gasteiger partial charge in [0.25, 0.3) is 5.56 Å². The van der Waals surface area contributed by atoms with Crippen LogP contribution in [0.4, 0.5) is 23.3 Å². The smallest absolute Gasteiger partial charge is 0.267 e. The third-order valence-electron chi connectivity index (χ3n) is 6.59. The number of H-pyrrole nitrogens is 1. The highest BCUT2D eigenvalue weighted by Crippen LogP contribution is 2.32. The Morgan fingerprint density at radius 1 is 1.08 bits per heavy atom. The minimum absolute atomic E-state index is 0.226. The molecule has 2 N–H and O–H groups in total. The molecule has 6 rings (SSSR count). The number of morpholine rings is 1. The van der Waals surface area contributed by atoms with Crippen molar-refractivity contribution in [2.45, 2.75) is 25.9 Å². The highest BCUT2D eigenvalue weighted by molar-refractivity contribution is 5.66. The molecule has 5 heterocycles. The van der Waals surface area contributed by atoms with Crippen molar-refractivity contribution in [2.75, 3.05) is 41.4 Å². The van der Waals surface area contributed by atoms with E-state index in [0.29, 0.717) is 37.3 Å². The highest BCUT2D eigenvalue weighted by atomic mass is 16.5. The van der Waals surface area contributed by atoms with Gasteiger partial charge in [0.05, 0.1) is 43.9 Å². The van der Waals surface area contributed by atoms with E-state index in [1.54, 1.807) is 18.6 Å². The van der Waals surface area contributed by atoms with Gasteiger partial charge in [0.1, 0.15) is 11.6 Å². The molecule has 0 saturated carbocycles. The van der Waals surface area contributed by atoms with Gasteiger partial charge in [0, 0.05) is 42.3 Å². The lowest BCUT2D eigenvalue weighted by molar-refractivity contribution is 0.0984. The van der Waals surface area contributed by atoms with Crippen molar-refractivity contribution in [1.82, 2.24) is 29.9 Å². The summed E-state index contributed by atoms with van der Waals surface area (Å²) in [6, 6.07) is 9.88. The van der Waals surface area contributed by atoms with Gasteiger partial charge >= 0.3 is 0 Å². The van der Waals surface area contributed by atoms with E-state index >= 15 is 0 Å². The molecule has 3 aromatic heterocycles. The van der Waals surface area contributed by atoms with E-state index < -0.39 is 0 Å². The molecule has 37 heavy (non-hydrogen) atoms. The fourth-order valence-corrected chi connectivity index (χ4v) is 4.74. The lowest BCUT2D eigenvalue weighted by atomic mass is 10.0. The average molecular weight is 498 g/mol. The molecule has 0 spiro atoms. The molecule has 4 aromatic rings. The van der Waals surface area contributed by atoms with Gasteiger partial charge in [0.15, 0.2) is 5.82 Å². The zero-order valence-electron chi connectivity index (χ0n) is 20.5. The maximum Gasteiger partial charge on any atom is 0.267 e. The third-order valence-corrected chi connectivity index (χ3v) is 6.59. The van der Waals surface area contributed by atoms with Gasteiger partial charge in [-0.3, -0.25) is 9.78 Å². The number of fused-ring (bicyclic) bond motifs is 1. The fraction of sp³-hybridized carbons (Fsp3) is 0.308. The predicted molar refractivity (Wildman–Crippen MR) is 140 cm³/mol. The van der Waals surface area contributed by atoms with E-state index in [2.05, 4.69) is 42.0 Å². The van der Waals surface area contributed by atoms with E-state index in [1.165, 1.54) is 11.8 Å². The summed E-state index contributed by atoms with van der Waals surface area (Å²) in [6.45, 7) is 5.75. The van der Waals surface area contributed by atoms with Gasteiger partial charge in [-0.15, -0.1) is 0 Å². The summed E-state index contributed by atoms with van der Waals surface area (Å²) in [5.41, 5.74) is 3.64. The first-order chi connectivity index (χ1) is 18.1. The molecule has 1 saturated heterocycles. The van der Waals surface area contributed by atoms with Crippen molar-refractivity contribution in [3.8, 4) is 11.4 Å². The van der Waals surface area contributed by atoms with Crippen LogP contribution in [0, 0.1) is 0 Å². The van der Waals surface area contributed by atoms with Crippen molar-refractivity contribution >= 4 is 23.3 Å². The Hall–Kier alpha value is -4.38. The number of aromatic nitrogens is 6. The Labute approximate surface area is 213 Å². The number of hydrogen-bond acceptors (Lipinski definition) is 10. The van der Waals surface area contributed by atoms with E-state index in [4.69, 9.17) is 14.7 Å². The molecule has 0 aliphatic carbocycles. The Balaban J connectivity index is 1.35. The summed E-state index contributed by atoms with van der Waals surface area (Å²) < 4.78 is 5.69. The van der Waals surface area contributed by atoms with Crippen LogP contribution in [0.2, 0.25) is 0 Å². The van der Waals surface area contributed by atoms with Gasteiger partial charge in [-0.05, 0) is 43.7 Å². The maximum atomic E-state index is 11.5. The molecular weight excluding hydrogens is 470 g/mol. The molecule has 11 nitrogen and oxygen atoms in total. The summed E-state index contributed by atoms with van der Waals surface area (Å²) >= 11 is 0. The minimum Gasteiger partial charge on any atom is -0.377 e. The molecule has 11 heteroatoms. The van der Waals surface area contributed by atoms with E-state index in [9.17, 15) is 4.79 Å². The largest absolute Gasteiger partial charge is 0.377 e. The summed E-state index contributed by atoms with van der Waals surface area (Å²) in [5, 5.41) is 3.16. The molecule has 0 bridgehead atoms. The van der Waals surface area contributed by atoms with Gasteiger partial charge < -0.3 is 24.8 Å². The second-order valence-corrected chi connectivity index (χ2v) is 9.15. The molecular formula is C26H27N9O2.